The molecule has 6 nitrogen and oxygen atoms in total. The molecule has 0 amide bonds. The van der Waals surface area contributed by atoms with E-state index in [2.05, 4.69) is 58.6 Å². The molecular weight excluding hydrogens is 542 g/mol. The van der Waals surface area contributed by atoms with Crippen LogP contribution in [0.2, 0.25) is 0 Å². The summed E-state index contributed by atoms with van der Waals surface area (Å²) in [7, 11) is -1.56. The molecule has 0 saturated heterocycles. The molecule has 0 aliphatic rings. The standard InChI is InChI=1S/C23H33FN4O2S.HI/c1-5-28(6-2)16-19-9-7-18(8-10-19)14-26-23(25-3)27-15-21-13-22(24)12-11-20(21)17-31(4,29)30;/h7-13H,5-6,14-17H2,1-4H3,(H2,25,26,27);1H. The van der Waals surface area contributed by atoms with E-state index in [-0.39, 0.29) is 36.3 Å². The first kappa shape index (κ1) is 28.3. The molecule has 2 aromatic carbocycles. The van der Waals surface area contributed by atoms with Crippen LogP contribution in [-0.4, -0.2) is 45.7 Å². The van der Waals surface area contributed by atoms with Crippen LogP contribution in [0.3, 0.4) is 0 Å². The molecule has 0 aliphatic heterocycles. The molecule has 0 radical (unpaired) electrons. The summed E-state index contributed by atoms with van der Waals surface area (Å²) < 4.78 is 37.0. The van der Waals surface area contributed by atoms with Gasteiger partial charge in [0.1, 0.15) is 5.82 Å². The molecular formula is C23H34FIN4O2S. The fourth-order valence-electron chi connectivity index (χ4n) is 3.24. The Balaban J connectivity index is 0.00000512. The third-order valence-corrected chi connectivity index (χ3v) is 5.87. The van der Waals surface area contributed by atoms with Crippen molar-refractivity contribution < 1.29 is 12.8 Å². The Morgan fingerprint density at radius 3 is 2.12 bits per heavy atom. The first-order chi connectivity index (χ1) is 14.7. The molecule has 0 bridgehead atoms. The molecule has 0 fully saturated rings. The zero-order valence-corrected chi connectivity index (χ0v) is 22.3. The summed E-state index contributed by atoms with van der Waals surface area (Å²) in [4.78, 5) is 6.56. The van der Waals surface area contributed by atoms with Crippen LogP contribution in [0.5, 0.6) is 0 Å². The van der Waals surface area contributed by atoms with Crippen molar-refractivity contribution in [1.29, 1.82) is 0 Å². The van der Waals surface area contributed by atoms with Crippen molar-refractivity contribution in [3.8, 4) is 0 Å². The summed E-state index contributed by atoms with van der Waals surface area (Å²) in [5, 5.41) is 6.37. The van der Waals surface area contributed by atoms with Crippen LogP contribution in [-0.2, 0) is 35.2 Å². The summed E-state index contributed by atoms with van der Waals surface area (Å²) in [5.41, 5.74) is 3.57. The van der Waals surface area contributed by atoms with Crippen molar-refractivity contribution in [2.45, 2.75) is 39.2 Å². The van der Waals surface area contributed by atoms with Gasteiger partial charge in [-0.15, -0.1) is 24.0 Å². The molecule has 0 heterocycles. The van der Waals surface area contributed by atoms with Gasteiger partial charge in [0.05, 0.1) is 5.75 Å². The number of halogens is 2. The maximum Gasteiger partial charge on any atom is 0.191 e. The average Bonchev–Trinajstić information content (AvgIpc) is 2.74. The van der Waals surface area contributed by atoms with Crippen molar-refractivity contribution in [3.05, 3.63) is 70.5 Å². The van der Waals surface area contributed by atoms with E-state index < -0.39 is 15.7 Å². The lowest BCUT2D eigenvalue weighted by Crippen LogP contribution is -2.36. The SMILES string of the molecule is CCN(CC)Cc1ccc(CNC(=NC)NCc2cc(F)ccc2CS(C)(=O)=O)cc1.I. The quantitative estimate of drug-likeness (QED) is 0.257. The molecule has 0 saturated carbocycles. The third-order valence-electron chi connectivity index (χ3n) is 5.04. The monoisotopic (exact) mass is 576 g/mol. The van der Waals surface area contributed by atoms with Crippen LogP contribution >= 0.6 is 24.0 Å². The van der Waals surface area contributed by atoms with Crippen LogP contribution < -0.4 is 10.6 Å². The van der Waals surface area contributed by atoms with E-state index in [1.807, 2.05) is 0 Å². The average molecular weight is 577 g/mol. The van der Waals surface area contributed by atoms with E-state index in [4.69, 9.17) is 0 Å². The zero-order valence-electron chi connectivity index (χ0n) is 19.2. The van der Waals surface area contributed by atoms with E-state index in [1.165, 1.54) is 30.0 Å². The van der Waals surface area contributed by atoms with Gasteiger partial charge in [0, 0.05) is 32.9 Å². The van der Waals surface area contributed by atoms with Crippen molar-refractivity contribution >= 4 is 39.8 Å². The third kappa shape index (κ3) is 9.83. The van der Waals surface area contributed by atoms with Gasteiger partial charge in [-0.1, -0.05) is 44.2 Å². The highest BCUT2D eigenvalue weighted by atomic mass is 127. The number of nitrogens with zero attached hydrogens (tertiary/aromatic N) is 2. The second kappa shape index (κ2) is 13.7. The van der Waals surface area contributed by atoms with Gasteiger partial charge in [-0.3, -0.25) is 9.89 Å². The highest BCUT2D eigenvalue weighted by molar-refractivity contribution is 14.0. The maximum atomic E-state index is 13.7. The molecule has 0 unspecified atom stereocenters. The lowest BCUT2D eigenvalue weighted by Gasteiger charge is -2.18. The highest BCUT2D eigenvalue weighted by Gasteiger charge is 2.11. The fraction of sp³-hybridized carbons (Fsp3) is 0.435. The second-order valence-electron chi connectivity index (χ2n) is 7.54. The van der Waals surface area contributed by atoms with Gasteiger partial charge in [-0.2, -0.15) is 0 Å². The summed E-state index contributed by atoms with van der Waals surface area (Å²) in [5.74, 6) is 0.0273. The predicted octanol–water partition coefficient (Wildman–Crippen LogP) is 3.70. The number of benzene rings is 2. The molecule has 178 valence electrons. The molecule has 0 spiro atoms. The molecule has 0 atom stereocenters. The minimum absolute atomic E-state index is 0. The van der Waals surface area contributed by atoms with Gasteiger partial charge in [0.15, 0.2) is 15.8 Å². The van der Waals surface area contributed by atoms with E-state index >= 15 is 0 Å². The topological polar surface area (TPSA) is 73.8 Å². The number of aliphatic imine (C=N–C) groups is 1. The van der Waals surface area contributed by atoms with E-state index in [0.29, 0.717) is 23.6 Å². The Morgan fingerprint density at radius 1 is 0.969 bits per heavy atom. The van der Waals surface area contributed by atoms with Crippen LogP contribution in [0.25, 0.3) is 0 Å². The number of hydrogen-bond acceptors (Lipinski definition) is 4. The lowest BCUT2D eigenvalue weighted by molar-refractivity contribution is 0.296. The fourth-order valence-corrected chi connectivity index (χ4v) is 4.08. The Hall–Kier alpha value is -1.72. The van der Waals surface area contributed by atoms with Crippen molar-refractivity contribution in [3.63, 3.8) is 0 Å². The molecule has 9 heteroatoms. The summed E-state index contributed by atoms with van der Waals surface area (Å²) in [6.07, 6.45) is 1.17. The Bertz CT molecular complexity index is 978. The molecule has 2 N–H and O–H groups in total. The maximum absolute atomic E-state index is 13.7. The number of nitrogens with one attached hydrogen (secondary N) is 2. The summed E-state index contributed by atoms with van der Waals surface area (Å²) >= 11 is 0. The van der Waals surface area contributed by atoms with E-state index in [9.17, 15) is 12.8 Å². The van der Waals surface area contributed by atoms with Gasteiger partial charge in [0.25, 0.3) is 0 Å². The summed E-state index contributed by atoms with van der Waals surface area (Å²) in [6, 6.07) is 12.6. The Labute approximate surface area is 208 Å². The van der Waals surface area contributed by atoms with Crippen LogP contribution in [0, 0.1) is 5.82 Å². The number of rotatable bonds is 10. The van der Waals surface area contributed by atoms with Gasteiger partial charge in [0.2, 0.25) is 0 Å². The van der Waals surface area contributed by atoms with E-state index in [0.717, 1.165) is 25.2 Å². The molecule has 0 aromatic heterocycles. The normalized spacial score (nSPS) is 11.9. The molecule has 32 heavy (non-hydrogen) atoms. The Morgan fingerprint density at radius 2 is 1.56 bits per heavy atom. The molecule has 2 rings (SSSR count). The van der Waals surface area contributed by atoms with Gasteiger partial charge < -0.3 is 10.6 Å². The van der Waals surface area contributed by atoms with Gasteiger partial charge >= 0.3 is 0 Å². The molecule has 0 aliphatic carbocycles. The first-order valence-electron chi connectivity index (χ1n) is 10.4. The zero-order chi connectivity index (χ0) is 22.9. The Kier molecular flexibility index (Phi) is 12.2. The first-order valence-corrected chi connectivity index (χ1v) is 12.5. The minimum atomic E-state index is -3.22. The summed E-state index contributed by atoms with van der Waals surface area (Å²) in [6.45, 7) is 8.17. The number of sulfone groups is 1. The van der Waals surface area contributed by atoms with Crippen LogP contribution in [0.4, 0.5) is 4.39 Å². The van der Waals surface area contributed by atoms with Crippen molar-refractivity contribution in [1.82, 2.24) is 15.5 Å². The minimum Gasteiger partial charge on any atom is -0.352 e. The van der Waals surface area contributed by atoms with Crippen molar-refractivity contribution in [2.24, 2.45) is 4.99 Å². The lowest BCUT2D eigenvalue weighted by atomic mass is 10.1. The predicted molar refractivity (Wildman–Crippen MR) is 140 cm³/mol. The number of hydrogen-bond donors (Lipinski definition) is 2. The largest absolute Gasteiger partial charge is 0.352 e. The van der Waals surface area contributed by atoms with Crippen LogP contribution in [0.15, 0.2) is 47.5 Å². The number of guanidine groups is 1. The van der Waals surface area contributed by atoms with Crippen molar-refractivity contribution in [2.75, 3.05) is 26.4 Å². The van der Waals surface area contributed by atoms with Gasteiger partial charge in [-0.05, 0) is 47.5 Å². The van der Waals surface area contributed by atoms with E-state index in [1.54, 1.807) is 7.05 Å². The smallest absolute Gasteiger partial charge is 0.191 e. The second-order valence-corrected chi connectivity index (χ2v) is 9.68. The van der Waals surface area contributed by atoms with Gasteiger partial charge in [-0.25, -0.2) is 12.8 Å². The van der Waals surface area contributed by atoms with Crippen LogP contribution in [0.1, 0.15) is 36.1 Å². The highest BCUT2D eigenvalue weighted by Crippen LogP contribution is 2.14. The molecule has 2 aromatic rings.